The van der Waals surface area contributed by atoms with Crippen LogP contribution in [-0.4, -0.2) is 62.1 Å². The zero-order valence-electron chi connectivity index (χ0n) is 10.2. The Morgan fingerprint density at radius 3 is 2.53 bits per heavy atom. The van der Waals surface area contributed by atoms with Gasteiger partial charge in [0.15, 0.2) is 0 Å². The van der Waals surface area contributed by atoms with Gasteiger partial charge in [0.25, 0.3) is 0 Å². The van der Waals surface area contributed by atoms with E-state index < -0.39 is 0 Å². The topological polar surface area (TPSA) is 88.4 Å². The molecule has 0 bridgehead atoms. The normalized spacial score (nSPS) is 20.0. The molecular formula is C11H13N5O3. The maximum absolute atomic E-state index is 11.9. The lowest BCUT2D eigenvalue weighted by Gasteiger charge is -2.39. The molecule has 0 saturated carbocycles. The van der Waals surface area contributed by atoms with Gasteiger partial charge in [0.05, 0.1) is 12.2 Å². The van der Waals surface area contributed by atoms with Crippen LogP contribution >= 0.6 is 0 Å². The zero-order chi connectivity index (χ0) is 13.4. The highest BCUT2D eigenvalue weighted by Gasteiger charge is 2.36. The van der Waals surface area contributed by atoms with Gasteiger partial charge in [-0.3, -0.25) is 19.3 Å². The third kappa shape index (κ3) is 2.09. The van der Waals surface area contributed by atoms with Crippen molar-refractivity contribution in [2.45, 2.75) is 18.9 Å². The van der Waals surface area contributed by atoms with Gasteiger partial charge < -0.3 is 4.90 Å². The van der Waals surface area contributed by atoms with E-state index in [1.165, 1.54) is 0 Å². The summed E-state index contributed by atoms with van der Waals surface area (Å²) >= 11 is 0. The first kappa shape index (κ1) is 11.8. The second kappa shape index (κ2) is 4.45. The van der Waals surface area contributed by atoms with E-state index in [0.29, 0.717) is 13.1 Å². The summed E-state index contributed by atoms with van der Waals surface area (Å²) in [4.78, 5) is 37.4. The van der Waals surface area contributed by atoms with Crippen molar-refractivity contribution in [3.63, 3.8) is 0 Å². The number of imide groups is 1. The summed E-state index contributed by atoms with van der Waals surface area (Å²) in [7, 11) is 0. The minimum atomic E-state index is -0.258. The molecule has 2 aliphatic heterocycles. The Labute approximate surface area is 109 Å². The van der Waals surface area contributed by atoms with E-state index in [1.54, 1.807) is 22.0 Å². The Balaban J connectivity index is 1.53. The van der Waals surface area contributed by atoms with Gasteiger partial charge in [-0.05, 0) is 0 Å². The Bertz CT molecular complexity index is 504. The lowest BCUT2D eigenvalue weighted by molar-refractivity contribution is -0.148. The molecule has 1 aromatic heterocycles. The van der Waals surface area contributed by atoms with E-state index in [-0.39, 0.29) is 43.1 Å². The van der Waals surface area contributed by atoms with Gasteiger partial charge >= 0.3 is 0 Å². The number of nitrogens with zero attached hydrogens (tertiary/aromatic N) is 5. The smallest absolute Gasteiger partial charge is 0.242 e. The van der Waals surface area contributed by atoms with Crippen molar-refractivity contribution < 1.29 is 14.4 Å². The Morgan fingerprint density at radius 2 is 1.95 bits per heavy atom. The summed E-state index contributed by atoms with van der Waals surface area (Å²) in [5.41, 5.74) is 0. The maximum atomic E-state index is 11.9. The SMILES string of the molecule is O=C(CN1C(=O)CCC1=O)N1CC(n2ccnn2)C1. The lowest BCUT2D eigenvalue weighted by Crippen LogP contribution is -2.54. The van der Waals surface area contributed by atoms with E-state index in [4.69, 9.17) is 0 Å². The van der Waals surface area contributed by atoms with Crippen LogP contribution in [-0.2, 0) is 14.4 Å². The summed E-state index contributed by atoms with van der Waals surface area (Å²) in [6.07, 6.45) is 3.77. The molecule has 0 unspecified atom stereocenters. The molecule has 0 radical (unpaired) electrons. The number of carbonyl (C=O) groups is 3. The third-order valence-corrected chi connectivity index (χ3v) is 3.48. The average Bonchev–Trinajstić information content (AvgIpc) is 2.93. The molecule has 19 heavy (non-hydrogen) atoms. The van der Waals surface area contributed by atoms with Crippen LogP contribution in [0.2, 0.25) is 0 Å². The average molecular weight is 263 g/mol. The first-order valence-corrected chi connectivity index (χ1v) is 6.12. The largest absolute Gasteiger partial charge is 0.337 e. The quantitative estimate of drug-likeness (QED) is 0.640. The molecule has 2 fully saturated rings. The molecule has 8 nitrogen and oxygen atoms in total. The van der Waals surface area contributed by atoms with Gasteiger partial charge in [0, 0.05) is 32.1 Å². The molecule has 0 atom stereocenters. The van der Waals surface area contributed by atoms with E-state index in [2.05, 4.69) is 10.3 Å². The van der Waals surface area contributed by atoms with Gasteiger partial charge in [-0.15, -0.1) is 5.10 Å². The molecule has 1 aromatic rings. The van der Waals surface area contributed by atoms with E-state index in [9.17, 15) is 14.4 Å². The molecule has 8 heteroatoms. The molecular weight excluding hydrogens is 250 g/mol. The molecule has 0 N–H and O–H groups in total. The summed E-state index contributed by atoms with van der Waals surface area (Å²) < 4.78 is 1.70. The molecule has 0 spiro atoms. The standard InChI is InChI=1S/C11H13N5O3/c17-9-1-2-10(18)15(9)7-11(19)14-5-8(6-14)16-4-3-12-13-16/h3-4,8H,1-2,5-7H2. The van der Waals surface area contributed by atoms with Crippen LogP contribution in [0.5, 0.6) is 0 Å². The molecule has 3 amide bonds. The van der Waals surface area contributed by atoms with Gasteiger partial charge in [-0.25, -0.2) is 4.68 Å². The molecule has 2 aliphatic rings. The number of rotatable bonds is 3. The van der Waals surface area contributed by atoms with Crippen LogP contribution in [0.25, 0.3) is 0 Å². The number of amides is 3. The summed E-state index contributed by atoms with van der Waals surface area (Å²) in [5, 5.41) is 7.58. The van der Waals surface area contributed by atoms with Crippen LogP contribution in [0.15, 0.2) is 12.4 Å². The van der Waals surface area contributed by atoms with E-state index >= 15 is 0 Å². The minimum absolute atomic E-state index is 0.136. The Hall–Kier alpha value is -2.25. The third-order valence-electron chi connectivity index (χ3n) is 3.48. The van der Waals surface area contributed by atoms with Crippen molar-refractivity contribution in [2.24, 2.45) is 0 Å². The minimum Gasteiger partial charge on any atom is -0.337 e. The van der Waals surface area contributed by atoms with Gasteiger partial charge in [0.1, 0.15) is 6.54 Å². The van der Waals surface area contributed by atoms with Crippen molar-refractivity contribution in [3.8, 4) is 0 Å². The Kier molecular flexibility index (Phi) is 2.77. The lowest BCUT2D eigenvalue weighted by atomic mass is 10.1. The maximum Gasteiger partial charge on any atom is 0.242 e. The predicted octanol–water partition coefficient (Wildman–Crippen LogP) is -1.19. The fourth-order valence-electron chi connectivity index (χ4n) is 2.27. The fourth-order valence-corrected chi connectivity index (χ4v) is 2.27. The number of likely N-dealkylation sites (tertiary alicyclic amines) is 2. The highest BCUT2D eigenvalue weighted by atomic mass is 16.2. The summed E-state index contributed by atoms with van der Waals surface area (Å²) in [6, 6.07) is 0.136. The van der Waals surface area contributed by atoms with Crippen LogP contribution in [0.1, 0.15) is 18.9 Å². The van der Waals surface area contributed by atoms with Crippen molar-refractivity contribution in [1.82, 2.24) is 24.8 Å². The fraction of sp³-hybridized carbons (Fsp3) is 0.545. The van der Waals surface area contributed by atoms with Crippen molar-refractivity contribution in [2.75, 3.05) is 19.6 Å². The number of hydrogen-bond acceptors (Lipinski definition) is 5. The van der Waals surface area contributed by atoms with E-state index in [1.807, 2.05) is 0 Å². The van der Waals surface area contributed by atoms with Crippen molar-refractivity contribution >= 4 is 17.7 Å². The van der Waals surface area contributed by atoms with Crippen LogP contribution in [0.3, 0.4) is 0 Å². The Morgan fingerprint density at radius 1 is 1.26 bits per heavy atom. The molecule has 0 aromatic carbocycles. The van der Waals surface area contributed by atoms with E-state index in [0.717, 1.165) is 4.90 Å². The highest BCUT2D eigenvalue weighted by Crippen LogP contribution is 2.20. The second-order valence-electron chi connectivity index (χ2n) is 4.71. The highest BCUT2D eigenvalue weighted by molar-refractivity contribution is 6.04. The van der Waals surface area contributed by atoms with Crippen LogP contribution in [0.4, 0.5) is 0 Å². The molecule has 100 valence electrons. The van der Waals surface area contributed by atoms with Crippen molar-refractivity contribution in [3.05, 3.63) is 12.4 Å². The van der Waals surface area contributed by atoms with Crippen LogP contribution < -0.4 is 0 Å². The van der Waals surface area contributed by atoms with Gasteiger partial charge in [-0.1, -0.05) is 5.21 Å². The molecule has 2 saturated heterocycles. The van der Waals surface area contributed by atoms with Crippen molar-refractivity contribution in [1.29, 1.82) is 0 Å². The van der Waals surface area contributed by atoms with Crippen LogP contribution in [0, 0.1) is 0 Å². The zero-order valence-corrected chi connectivity index (χ0v) is 10.2. The monoisotopic (exact) mass is 263 g/mol. The first-order valence-electron chi connectivity index (χ1n) is 6.12. The predicted molar refractivity (Wildman–Crippen MR) is 61.6 cm³/mol. The molecule has 3 heterocycles. The second-order valence-corrected chi connectivity index (χ2v) is 4.71. The summed E-state index contributed by atoms with van der Waals surface area (Å²) in [5.74, 6) is -0.710. The number of aromatic nitrogens is 3. The van der Waals surface area contributed by atoms with Gasteiger partial charge in [0.2, 0.25) is 17.7 Å². The summed E-state index contributed by atoms with van der Waals surface area (Å²) in [6.45, 7) is 0.943. The first-order chi connectivity index (χ1) is 9.15. The molecule has 3 rings (SSSR count). The molecule has 0 aliphatic carbocycles. The number of hydrogen-bond donors (Lipinski definition) is 0. The van der Waals surface area contributed by atoms with Gasteiger partial charge in [-0.2, -0.15) is 0 Å². The number of carbonyl (C=O) groups excluding carboxylic acids is 3.